The van der Waals surface area contributed by atoms with Gasteiger partial charge in [-0.15, -0.1) is 0 Å². The number of aryl methyl sites for hydroxylation is 3. The van der Waals surface area contributed by atoms with Crippen LogP contribution in [0.25, 0.3) is 5.52 Å². The number of amides is 1. The van der Waals surface area contributed by atoms with Gasteiger partial charge in [0, 0.05) is 31.9 Å². The second kappa shape index (κ2) is 6.05. The summed E-state index contributed by atoms with van der Waals surface area (Å²) < 4.78 is 3.51. The molecule has 0 fully saturated rings. The first-order valence-electron chi connectivity index (χ1n) is 9.31. The molecule has 5 heterocycles. The molecule has 0 saturated carbocycles. The zero-order valence-electron chi connectivity index (χ0n) is 16.0. The number of fused-ring (bicyclic) bond motifs is 2. The van der Waals surface area contributed by atoms with E-state index in [2.05, 4.69) is 34.1 Å². The van der Waals surface area contributed by atoms with Crippen molar-refractivity contribution in [1.82, 2.24) is 34.3 Å². The van der Waals surface area contributed by atoms with Gasteiger partial charge in [0.05, 0.1) is 28.9 Å². The number of nitrogens with one attached hydrogen (secondary N) is 1. The number of hydrogen-bond acceptors (Lipinski definition) is 4. The maximum absolute atomic E-state index is 13.4. The summed E-state index contributed by atoms with van der Waals surface area (Å²) >= 11 is 0. The molecule has 1 amide bonds. The smallest absolute Gasteiger partial charge is 0.273 e. The predicted octanol–water partition coefficient (Wildman–Crippen LogP) is 2.20. The summed E-state index contributed by atoms with van der Waals surface area (Å²) in [5.41, 5.74) is 6.30. The van der Waals surface area contributed by atoms with Gasteiger partial charge in [0.25, 0.3) is 5.91 Å². The molecular formula is C20H21N7O. The number of hydrogen-bond donors (Lipinski definition) is 1. The lowest BCUT2D eigenvalue weighted by molar-refractivity contribution is 0.0675. The van der Waals surface area contributed by atoms with Crippen LogP contribution in [0.3, 0.4) is 0 Å². The summed E-state index contributed by atoms with van der Waals surface area (Å²) in [6, 6.07) is 7.58. The molecule has 0 spiro atoms. The Labute approximate surface area is 161 Å². The molecule has 0 bridgehead atoms. The zero-order valence-corrected chi connectivity index (χ0v) is 16.0. The van der Waals surface area contributed by atoms with Crippen LogP contribution >= 0.6 is 0 Å². The van der Waals surface area contributed by atoms with Crippen molar-refractivity contribution < 1.29 is 4.79 Å². The summed E-state index contributed by atoms with van der Waals surface area (Å²) in [6.45, 7) is 4.54. The number of aromatic nitrogens is 6. The molecule has 8 heteroatoms. The summed E-state index contributed by atoms with van der Waals surface area (Å²) in [6.07, 6.45) is 4.36. The molecule has 5 rings (SSSR count). The lowest BCUT2D eigenvalue weighted by atomic mass is 9.99. The summed E-state index contributed by atoms with van der Waals surface area (Å²) in [5.74, 6) is -0.0597. The van der Waals surface area contributed by atoms with Gasteiger partial charge in [-0.05, 0) is 37.6 Å². The highest BCUT2D eigenvalue weighted by Gasteiger charge is 2.37. The molecule has 0 aromatic carbocycles. The van der Waals surface area contributed by atoms with Crippen molar-refractivity contribution in [3.05, 3.63) is 70.8 Å². The Hall–Kier alpha value is -3.42. The van der Waals surface area contributed by atoms with Crippen molar-refractivity contribution in [2.45, 2.75) is 26.3 Å². The molecule has 8 nitrogen and oxygen atoms in total. The average molecular weight is 375 g/mol. The van der Waals surface area contributed by atoms with Crippen LogP contribution in [0.5, 0.6) is 0 Å². The highest BCUT2D eigenvalue weighted by atomic mass is 16.2. The zero-order chi connectivity index (χ0) is 19.4. The molecule has 0 aliphatic carbocycles. The van der Waals surface area contributed by atoms with Gasteiger partial charge in [-0.3, -0.25) is 9.48 Å². The second-order valence-corrected chi connectivity index (χ2v) is 7.30. The van der Waals surface area contributed by atoms with Crippen LogP contribution in [0, 0.1) is 13.8 Å². The van der Waals surface area contributed by atoms with Crippen LogP contribution in [-0.4, -0.2) is 46.7 Å². The number of rotatable bonds is 2. The number of carbonyl (C=O) groups excluding carboxylic acids is 1. The number of pyridine rings is 1. The monoisotopic (exact) mass is 375 g/mol. The fourth-order valence-corrected chi connectivity index (χ4v) is 4.06. The first-order chi connectivity index (χ1) is 13.5. The SMILES string of the molecule is Cc1cc(C(=O)N2CCc3[nH]cnc3[C@@H]2c2cc3c(C)cccn3n2)n(C)n1. The van der Waals surface area contributed by atoms with E-state index in [0.717, 1.165) is 40.3 Å². The van der Waals surface area contributed by atoms with E-state index in [0.29, 0.717) is 12.2 Å². The fraction of sp³-hybridized carbons (Fsp3) is 0.300. The molecule has 1 N–H and O–H groups in total. The highest BCUT2D eigenvalue weighted by Crippen LogP contribution is 2.34. The van der Waals surface area contributed by atoms with Crippen molar-refractivity contribution in [3.8, 4) is 0 Å². The van der Waals surface area contributed by atoms with Gasteiger partial charge in [0.2, 0.25) is 0 Å². The minimum atomic E-state index is -0.336. The number of H-pyrrole nitrogens is 1. The van der Waals surface area contributed by atoms with Gasteiger partial charge < -0.3 is 9.88 Å². The van der Waals surface area contributed by atoms with E-state index in [1.54, 1.807) is 18.1 Å². The topological polar surface area (TPSA) is 84.1 Å². The number of carbonyl (C=O) groups is 1. The molecule has 1 atom stereocenters. The third kappa shape index (κ3) is 2.45. The van der Waals surface area contributed by atoms with E-state index < -0.39 is 0 Å². The molecule has 0 radical (unpaired) electrons. The van der Waals surface area contributed by atoms with E-state index in [9.17, 15) is 4.79 Å². The van der Waals surface area contributed by atoms with Crippen LogP contribution in [0.15, 0.2) is 36.8 Å². The summed E-state index contributed by atoms with van der Waals surface area (Å²) in [4.78, 5) is 23.0. The van der Waals surface area contributed by atoms with Crippen LogP contribution in [-0.2, 0) is 13.5 Å². The van der Waals surface area contributed by atoms with Gasteiger partial charge >= 0.3 is 0 Å². The Bertz CT molecular complexity index is 1200. The molecule has 4 aromatic heterocycles. The Morgan fingerprint density at radius 2 is 2.11 bits per heavy atom. The number of nitrogens with zero attached hydrogens (tertiary/aromatic N) is 6. The Balaban J connectivity index is 1.65. The van der Waals surface area contributed by atoms with E-state index >= 15 is 0 Å². The maximum Gasteiger partial charge on any atom is 0.273 e. The van der Waals surface area contributed by atoms with Crippen molar-refractivity contribution in [2.24, 2.45) is 7.05 Å². The van der Waals surface area contributed by atoms with Crippen molar-refractivity contribution in [3.63, 3.8) is 0 Å². The van der Waals surface area contributed by atoms with Crippen LogP contribution in [0.1, 0.15) is 44.9 Å². The normalized spacial score (nSPS) is 16.5. The van der Waals surface area contributed by atoms with Crippen LogP contribution < -0.4 is 0 Å². The van der Waals surface area contributed by atoms with E-state index in [1.165, 1.54) is 0 Å². The van der Waals surface area contributed by atoms with Gasteiger partial charge in [-0.25, -0.2) is 9.50 Å². The quantitative estimate of drug-likeness (QED) is 0.582. The van der Waals surface area contributed by atoms with E-state index in [-0.39, 0.29) is 11.9 Å². The third-order valence-corrected chi connectivity index (χ3v) is 5.42. The first kappa shape index (κ1) is 16.7. The first-order valence-corrected chi connectivity index (χ1v) is 9.31. The van der Waals surface area contributed by atoms with Crippen molar-refractivity contribution in [2.75, 3.05) is 6.54 Å². The molecular weight excluding hydrogens is 354 g/mol. The maximum atomic E-state index is 13.4. The lowest BCUT2D eigenvalue weighted by Crippen LogP contribution is -2.41. The Kier molecular flexibility index (Phi) is 3.61. The summed E-state index contributed by atoms with van der Waals surface area (Å²) in [7, 11) is 1.80. The fourth-order valence-electron chi connectivity index (χ4n) is 4.06. The van der Waals surface area contributed by atoms with Gasteiger partial charge in [-0.1, -0.05) is 6.07 Å². The van der Waals surface area contributed by atoms with Crippen LogP contribution in [0.4, 0.5) is 0 Å². The number of imidazole rings is 1. The molecule has 4 aromatic rings. The molecule has 1 aliphatic rings. The molecule has 28 heavy (non-hydrogen) atoms. The predicted molar refractivity (Wildman–Crippen MR) is 103 cm³/mol. The van der Waals surface area contributed by atoms with Crippen LogP contribution in [0.2, 0.25) is 0 Å². The van der Waals surface area contributed by atoms with Gasteiger partial charge in [0.1, 0.15) is 11.7 Å². The molecule has 0 unspecified atom stereocenters. The Morgan fingerprint density at radius 3 is 2.86 bits per heavy atom. The Morgan fingerprint density at radius 1 is 1.25 bits per heavy atom. The minimum Gasteiger partial charge on any atom is -0.348 e. The van der Waals surface area contributed by atoms with Crippen molar-refractivity contribution >= 4 is 11.4 Å². The van der Waals surface area contributed by atoms with Gasteiger partial charge in [0.15, 0.2) is 0 Å². The minimum absolute atomic E-state index is 0.0597. The highest BCUT2D eigenvalue weighted by molar-refractivity contribution is 5.93. The van der Waals surface area contributed by atoms with Gasteiger partial charge in [-0.2, -0.15) is 10.2 Å². The lowest BCUT2D eigenvalue weighted by Gasteiger charge is -2.33. The summed E-state index contributed by atoms with van der Waals surface area (Å²) in [5, 5.41) is 9.11. The second-order valence-electron chi connectivity index (χ2n) is 7.30. The standard InChI is InChI=1S/C20H21N7O/c1-12-5-4-7-27-16(12)10-15(24-27)19-18-14(21-11-22-18)6-8-26(19)20(28)17-9-13(2)23-25(17)3/h4-5,7,9-11,19H,6,8H2,1-3H3,(H,21,22)/t19-/m0/s1. The molecule has 1 aliphatic heterocycles. The third-order valence-electron chi connectivity index (χ3n) is 5.42. The molecule has 0 saturated heterocycles. The molecule has 142 valence electrons. The van der Waals surface area contributed by atoms with E-state index in [1.807, 2.05) is 34.7 Å². The van der Waals surface area contributed by atoms with Crippen molar-refractivity contribution in [1.29, 1.82) is 0 Å². The van der Waals surface area contributed by atoms with E-state index in [4.69, 9.17) is 5.10 Å². The largest absolute Gasteiger partial charge is 0.348 e. The number of aromatic amines is 1. The average Bonchev–Trinajstić information content (AvgIpc) is 3.38.